The van der Waals surface area contributed by atoms with Crippen molar-refractivity contribution in [2.45, 2.75) is 25.6 Å². The van der Waals surface area contributed by atoms with Gasteiger partial charge < -0.3 is 5.73 Å². The second-order valence-electron chi connectivity index (χ2n) is 4.00. The lowest BCUT2D eigenvalue weighted by molar-refractivity contribution is 0.249. The molecule has 0 atom stereocenters. The topological polar surface area (TPSA) is 67.5 Å². The third-order valence-electron chi connectivity index (χ3n) is 2.68. The Bertz CT molecular complexity index is 499. The number of hydrogen-bond donors (Lipinski definition) is 2. The lowest BCUT2D eigenvalue weighted by Gasteiger charge is -2.15. The molecule has 0 unspecified atom stereocenters. The number of carbonyl (C=O) groups excluding carboxylic acids is 1. The van der Waals surface area contributed by atoms with Gasteiger partial charge in [0.15, 0.2) is 0 Å². The first kappa shape index (κ1) is 14.8. The number of primary amides is 1. The summed E-state index contributed by atoms with van der Waals surface area (Å²) in [7, 11) is 0. The molecular weight excluding hydrogens is 273 g/mol. The van der Waals surface area contributed by atoms with Crippen LogP contribution in [-0.2, 0) is 0 Å². The van der Waals surface area contributed by atoms with Crippen LogP contribution in [0.25, 0.3) is 0 Å². The van der Waals surface area contributed by atoms with Crippen LogP contribution in [0.15, 0.2) is 11.2 Å². The van der Waals surface area contributed by atoms with Gasteiger partial charge in [0.25, 0.3) is 0 Å². The molecule has 0 aliphatic carbocycles. The van der Waals surface area contributed by atoms with Crippen molar-refractivity contribution in [1.29, 1.82) is 0 Å². The van der Waals surface area contributed by atoms with Crippen LogP contribution in [0.5, 0.6) is 0 Å². The summed E-state index contributed by atoms with van der Waals surface area (Å²) in [6, 6.07) is 1.27. The Hall–Kier alpha value is -1.26. The first-order valence-electron chi connectivity index (χ1n) is 5.32. The molecule has 0 saturated heterocycles. The van der Waals surface area contributed by atoms with E-state index < -0.39 is 10.9 Å². The Morgan fingerprint density at radius 3 is 2.50 bits per heavy atom. The number of rotatable bonds is 3. The second kappa shape index (κ2) is 6.07. The van der Waals surface area contributed by atoms with Crippen molar-refractivity contribution in [3.63, 3.8) is 0 Å². The van der Waals surface area contributed by atoms with Crippen molar-refractivity contribution in [1.82, 2.24) is 5.43 Å². The van der Waals surface area contributed by atoms with E-state index in [1.54, 1.807) is 0 Å². The molecule has 1 aromatic rings. The van der Waals surface area contributed by atoms with Crippen LogP contribution in [0.1, 0.15) is 32.7 Å². The summed E-state index contributed by atoms with van der Waals surface area (Å²) in [5.74, 6) is 0. The van der Waals surface area contributed by atoms with E-state index in [0.29, 0.717) is 0 Å². The van der Waals surface area contributed by atoms with Gasteiger partial charge in [0.05, 0.1) is 6.21 Å². The number of nitrogens with two attached hydrogens (primary N) is 1. The highest BCUT2D eigenvalue weighted by Gasteiger charge is 2.14. The number of carbonyl (C=O) groups is 1. The maximum atomic E-state index is 10.5. The zero-order valence-electron chi connectivity index (χ0n) is 10.4. The average Bonchev–Trinajstić information content (AvgIpc) is 2.21. The van der Waals surface area contributed by atoms with Crippen LogP contribution in [0.2, 0.25) is 0 Å². The Balaban J connectivity index is 3.23. The van der Waals surface area contributed by atoms with E-state index in [4.69, 9.17) is 28.9 Å². The third kappa shape index (κ3) is 3.37. The van der Waals surface area contributed by atoms with Gasteiger partial charge in [-0.25, -0.2) is 10.2 Å². The highest BCUT2D eigenvalue weighted by atomic mass is 35.5. The largest absolute Gasteiger partial charge is 0.350 e. The van der Waals surface area contributed by atoms with Crippen LogP contribution in [0.3, 0.4) is 0 Å². The van der Waals surface area contributed by atoms with E-state index in [9.17, 15) is 4.79 Å². The smallest absolute Gasteiger partial charge is 0.332 e. The number of urea groups is 1. The van der Waals surface area contributed by atoms with Crippen LogP contribution in [0, 0.1) is 20.8 Å². The maximum absolute atomic E-state index is 10.5. The highest BCUT2D eigenvalue weighted by Crippen LogP contribution is 2.33. The molecular formula is C12H15Cl2N3O. The molecule has 0 aromatic heterocycles. The number of halogens is 2. The Kier molecular flexibility index (Phi) is 4.99. The van der Waals surface area contributed by atoms with Crippen LogP contribution in [-0.4, -0.2) is 12.2 Å². The van der Waals surface area contributed by atoms with E-state index in [-0.39, 0.29) is 0 Å². The molecule has 2 amide bonds. The summed E-state index contributed by atoms with van der Waals surface area (Å²) in [5, 5.41) is 3.76. The van der Waals surface area contributed by atoms with Gasteiger partial charge in [-0.05, 0) is 43.0 Å². The SMILES string of the molecule is Cc1cc(C)c(C(Cl)Cl)c(C)c1/C=N\NC(N)=O. The van der Waals surface area contributed by atoms with Crippen molar-refractivity contribution >= 4 is 35.4 Å². The first-order chi connectivity index (χ1) is 8.34. The van der Waals surface area contributed by atoms with Gasteiger partial charge in [-0.3, -0.25) is 0 Å². The summed E-state index contributed by atoms with van der Waals surface area (Å²) in [6.45, 7) is 5.82. The third-order valence-corrected chi connectivity index (χ3v) is 3.11. The molecule has 1 rings (SSSR count). The molecule has 0 heterocycles. The molecule has 0 radical (unpaired) electrons. The number of hydrazone groups is 1. The average molecular weight is 288 g/mol. The van der Waals surface area contributed by atoms with E-state index in [1.165, 1.54) is 6.21 Å². The molecule has 6 heteroatoms. The second-order valence-corrected chi connectivity index (χ2v) is 5.09. The van der Waals surface area contributed by atoms with Gasteiger partial charge in [-0.2, -0.15) is 5.10 Å². The Morgan fingerprint density at radius 2 is 2.00 bits per heavy atom. The number of aryl methyl sites for hydroxylation is 2. The summed E-state index contributed by atoms with van der Waals surface area (Å²) in [4.78, 5) is 9.95. The normalized spacial score (nSPS) is 11.2. The van der Waals surface area contributed by atoms with Gasteiger partial charge >= 0.3 is 6.03 Å². The van der Waals surface area contributed by atoms with Gasteiger partial charge in [0.1, 0.15) is 4.84 Å². The number of alkyl halides is 2. The Morgan fingerprint density at radius 1 is 1.39 bits per heavy atom. The summed E-state index contributed by atoms with van der Waals surface area (Å²) >= 11 is 11.9. The van der Waals surface area contributed by atoms with Crippen molar-refractivity contribution in [3.8, 4) is 0 Å². The molecule has 0 aliphatic rings. The molecule has 1 aromatic carbocycles. The van der Waals surface area contributed by atoms with Gasteiger partial charge in [0.2, 0.25) is 0 Å². The minimum atomic E-state index is -0.707. The van der Waals surface area contributed by atoms with Crippen LogP contribution >= 0.6 is 23.2 Å². The number of amides is 2. The number of benzene rings is 1. The lowest BCUT2D eigenvalue weighted by Crippen LogP contribution is -2.24. The predicted octanol–water partition coefficient (Wildman–Crippen LogP) is 3.09. The highest BCUT2D eigenvalue weighted by molar-refractivity contribution is 6.44. The molecule has 0 aliphatic heterocycles. The van der Waals surface area contributed by atoms with Crippen LogP contribution in [0.4, 0.5) is 4.79 Å². The molecule has 0 fully saturated rings. The predicted molar refractivity (Wildman–Crippen MR) is 75.4 cm³/mol. The van der Waals surface area contributed by atoms with Crippen molar-refractivity contribution in [2.75, 3.05) is 0 Å². The van der Waals surface area contributed by atoms with Crippen molar-refractivity contribution in [3.05, 3.63) is 33.9 Å². The Labute approximate surface area is 116 Å². The fraction of sp³-hybridized carbons (Fsp3) is 0.333. The zero-order chi connectivity index (χ0) is 13.9. The molecule has 0 saturated carbocycles. The summed E-state index contributed by atoms with van der Waals surface area (Å²) in [5.41, 5.74) is 11.8. The molecule has 98 valence electrons. The zero-order valence-corrected chi connectivity index (χ0v) is 11.9. The number of nitrogens with zero attached hydrogens (tertiary/aromatic N) is 1. The lowest BCUT2D eigenvalue weighted by atomic mass is 9.95. The van der Waals surface area contributed by atoms with Crippen LogP contribution < -0.4 is 11.2 Å². The maximum Gasteiger partial charge on any atom is 0.332 e. The molecule has 3 N–H and O–H groups in total. The fourth-order valence-corrected chi connectivity index (χ4v) is 2.58. The van der Waals surface area contributed by atoms with Crippen molar-refractivity contribution < 1.29 is 4.79 Å². The van der Waals surface area contributed by atoms with Crippen molar-refractivity contribution in [2.24, 2.45) is 10.8 Å². The number of hydrogen-bond acceptors (Lipinski definition) is 2. The molecule has 18 heavy (non-hydrogen) atoms. The standard InChI is InChI=1S/C12H15Cl2N3O/c1-6-4-7(2)10(11(13)14)8(3)9(6)5-16-17-12(15)18/h4-5,11H,1-3H3,(H3,15,17,18)/b16-5-. The first-order valence-corrected chi connectivity index (χ1v) is 6.19. The molecule has 0 bridgehead atoms. The minimum Gasteiger partial charge on any atom is -0.350 e. The van der Waals surface area contributed by atoms with E-state index in [0.717, 1.165) is 27.8 Å². The quantitative estimate of drug-likeness (QED) is 0.501. The fourth-order valence-electron chi connectivity index (χ4n) is 1.91. The molecule has 0 spiro atoms. The molecule has 4 nitrogen and oxygen atoms in total. The minimum absolute atomic E-state index is 0.596. The van der Waals surface area contributed by atoms with Gasteiger partial charge in [0, 0.05) is 5.56 Å². The van der Waals surface area contributed by atoms with E-state index in [1.807, 2.05) is 26.8 Å². The summed E-state index contributed by atoms with van der Waals surface area (Å²) < 4.78 is 0. The number of nitrogens with one attached hydrogen (secondary N) is 1. The van der Waals surface area contributed by atoms with Gasteiger partial charge in [-0.15, -0.1) is 23.2 Å². The monoisotopic (exact) mass is 287 g/mol. The summed E-state index contributed by atoms with van der Waals surface area (Å²) in [6.07, 6.45) is 1.54. The van der Waals surface area contributed by atoms with Gasteiger partial charge in [-0.1, -0.05) is 6.07 Å². The van der Waals surface area contributed by atoms with E-state index in [2.05, 4.69) is 10.5 Å². The van der Waals surface area contributed by atoms with E-state index >= 15 is 0 Å².